The molecule has 1 aromatic heterocycles. The van der Waals surface area contributed by atoms with Crippen LogP contribution in [-0.4, -0.2) is 45.9 Å². The van der Waals surface area contributed by atoms with E-state index in [2.05, 4.69) is 29.2 Å². The highest BCUT2D eigenvalue weighted by atomic mass is 16.6. The van der Waals surface area contributed by atoms with Gasteiger partial charge in [-0.05, 0) is 30.7 Å². The number of aromatic nitrogens is 2. The zero-order valence-electron chi connectivity index (χ0n) is 13.2. The Morgan fingerprint density at radius 3 is 2.68 bits per heavy atom. The van der Waals surface area contributed by atoms with Gasteiger partial charge in [-0.2, -0.15) is 5.10 Å². The van der Waals surface area contributed by atoms with Gasteiger partial charge in [0.15, 0.2) is 0 Å². The zero-order valence-corrected chi connectivity index (χ0v) is 13.2. The van der Waals surface area contributed by atoms with Gasteiger partial charge < -0.3 is 9.74 Å². The molecule has 0 aromatic carbocycles. The summed E-state index contributed by atoms with van der Waals surface area (Å²) in [6, 6.07) is 1.88. The largest absolute Gasteiger partial charge is 0.392 e. The quantitative estimate of drug-likeness (QED) is 0.928. The van der Waals surface area contributed by atoms with Gasteiger partial charge in [0.05, 0.1) is 5.71 Å². The number of carbonyl (C=O) groups excluding carboxylic acids is 1. The molecule has 1 aliphatic carbocycles. The number of nitrogens with zero attached hydrogens (tertiary/aromatic N) is 3. The molecule has 3 heterocycles. The van der Waals surface area contributed by atoms with Crippen LogP contribution in [0, 0.1) is 17.8 Å². The summed E-state index contributed by atoms with van der Waals surface area (Å²) in [5.41, 5.74) is 2.75. The number of piperidine rings is 1. The van der Waals surface area contributed by atoms with Crippen molar-refractivity contribution >= 4 is 11.6 Å². The monoisotopic (exact) mass is 302 g/mol. The highest BCUT2D eigenvalue weighted by molar-refractivity contribution is 5.94. The first kappa shape index (κ1) is 13.8. The van der Waals surface area contributed by atoms with Crippen molar-refractivity contribution in [3.8, 4) is 0 Å². The van der Waals surface area contributed by atoms with E-state index in [4.69, 9.17) is 4.84 Å². The van der Waals surface area contributed by atoms with E-state index >= 15 is 0 Å². The van der Waals surface area contributed by atoms with Crippen molar-refractivity contribution in [3.05, 3.63) is 17.5 Å². The summed E-state index contributed by atoms with van der Waals surface area (Å²) in [4.78, 5) is 19.7. The van der Waals surface area contributed by atoms with Crippen LogP contribution < -0.4 is 0 Å². The smallest absolute Gasteiger partial charge is 0.274 e. The van der Waals surface area contributed by atoms with Gasteiger partial charge >= 0.3 is 0 Å². The van der Waals surface area contributed by atoms with Gasteiger partial charge in [0.2, 0.25) is 0 Å². The van der Waals surface area contributed by atoms with E-state index in [-0.39, 0.29) is 12.0 Å². The van der Waals surface area contributed by atoms with Crippen molar-refractivity contribution in [1.82, 2.24) is 15.1 Å². The standard InChI is InChI=1S/C16H22N4O2/c1-8(2)12-5-14(18-17-12)16(21)20-6-10-11(7-20)15(10)13-4-9(3)22-19-13/h5,8-11,15H,4,6-7H2,1-3H3,(H,17,18)/t9?,10-,11+,15?. The maximum Gasteiger partial charge on any atom is 0.274 e. The first-order valence-electron chi connectivity index (χ1n) is 8.11. The third kappa shape index (κ3) is 2.12. The molecule has 1 amide bonds. The summed E-state index contributed by atoms with van der Waals surface area (Å²) in [5, 5.41) is 11.3. The molecule has 0 spiro atoms. The Bertz CT molecular complexity index is 624. The van der Waals surface area contributed by atoms with E-state index in [0.29, 0.717) is 29.4 Å². The molecule has 2 aliphatic heterocycles. The van der Waals surface area contributed by atoms with Gasteiger partial charge in [0, 0.05) is 31.1 Å². The van der Waals surface area contributed by atoms with Crippen LogP contribution in [-0.2, 0) is 4.84 Å². The normalized spacial score (nSPS) is 32.9. The van der Waals surface area contributed by atoms with Crippen molar-refractivity contribution in [2.24, 2.45) is 22.9 Å². The Kier molecular flexibility index (Phi) is 3.03. The fourth-order valence-corrected chi connectivity index (χ4v) is 3.81. The number of H-pyrrole nitrogens is 1. The molecule has 118 valence electrons. The van der Waals surface area contributed by atoms with Crippen molar-refractivity contribution in [2.45, 2.75) is 39.2 Å². The van der Waals surface area contributed by atoms with Crippen LogP contribution in [0.15, 0.2) is 11.2 Å². The average molecular weight is 302 g/mol. The molecule has 6 nitrogen and oxygen atoms in total. The number of hydrogen-bond acceptors (Lipinski definition) is 4. The maximum atomic E-state index is 12.5. The lowest BCUT2D eigenvalue weighted by Gasteiger charge is -2.18. The van der Waals surface area contributed by atoms with E-state index in [0.717, 1.165) is 25.2 Å². The topological polar surface area (TPSA) is 70.6 Å². The predicted molar refractivity (Wildman–Crippen MR) is 81.6 cm³/mol. The highest BCUT2D eigenvalue weighted by Gasteiger charge is 2.59. The Morgan fingerprint density at radius 1 is 1.41 bits per heavy atom. The van der Waals surface area contributed by atoms with Crippen LogP contribution >= 0.6 is 0 Å². The van der Waals surface area contributed by atoms with Gasteiger partial charge in [-0.3, -0.25) is 9.89 Å². The number of aromatic amines is 1. The lowest BCUT2D eigenvalue weighted by molar-refractivity contribution is 0.0766. The fraction of sp³-hybridized carbons (Fsp3) is 0.688. The molecule has 3 aliphatic rings. The Morgan fingerprint density at radius 2 is 2.14 bits per heavy atom. The molecule has 2 unspecified atom stereocenters. The van der Waals surface area contributed by atoms with Crippen LogP contribution in [0.1, 0.15) is 49.3 Å². The molecule has 4 rings (SSSR count). The molecule has 6 heteroatoms. The number of likely N-dealkylation sites (tertiary alicyclic amines) is 1. The molecule has 1 N–H and O–H groups in total. The molecule has 4 atom stereocenters. The van der Waals surface area contributed by atoms with Gasteiger partial charge in [-0.25, -0.2) is 0 Å². The van der Waals surface area contributed by atoms with Crippen LogP contribution in [0.4, 0.5) is 0 Å². The van der Waals surface area contributed by atoms with Crippen molar-refractivity contribution < 1.29 is 9.63 Å². The Labute approximate surface area is 129 Å². The molecule has 1 saturated heterocycles. The molecule has 1 saturated carbocycles. The molecular weight excluding hydrogens is 280 g/mol. The number of oxime groups is 1. The van der Waals surface area contributed by atoms with E-state index in [1.807, 2.05) is 17.9 Å². The minimum Gasteiger partial charge on any atom is -0.392 e. The first-order valence-corrected chi connectivity index (χ1v) is 8.11. The van der Waals surface area contributed by atoms with E-state index in [1.165, 1.54) is 5.71 Å². The van der Waals surface area contributed by atoms with Crippen molar-refractivity contribution in [2.75, 3.05) is 13.1 Å². The van der Waals surface area contributed by atoms with Gasteiger partial charge in [0.1, 0.15) is 11.8 Å². The zero-order chi connectivity index (χ0) is 15.4. The molecule has 2 fully saturated rings. The number of fused-ring (bicyclic) bond motifs is 1. The second-order valence-corrected chi connectivity index (χ2v) is 7.13. The van der Waals surface area contributed by atoms with E-state index in [9.17, 15) is 4.79 Å². The van der Waals surface area contributed by atoms with Gasteiger partial charge in [-0.15, -0.1) is 0 Å². The third-order valence-electron chi connectivity index (χ3n) is 5.15. The third-order valence-corrected chi connectivity index (χ3v) is 5.15. The number of hydrogen-bond donors (Lipinski definition) is 1. The van der Waals surface area contributed by atoms with E-state index < -0.39 is 0 Å². The Hall–Kier alpha value is -1.85. The SMILES string of the molecule is CC1CC(C2[C@H]3CN(C(=O)c4cc(C(C)C)[nH]n4)C[C@@H]23)=NO1. The van der Waals surface area contributed by atoms with Crippen LogP contribution in [0.5, 0.6) is 0 Å². The second-order valence-electron chi connectivity index (χ2n) is 7.13. The fourth-order valence-electron chi connectivity index (χ4n) is 3.81. The van der Waals surface area contributed by atoms with Crippen LogP contribution in [0.3, 0.4) is 0 Å². The summed E-state index contributed by atoms with van der Waals surface area (Å²) in [6.07, 6.45) is 1.16. The van der Waals surface area contributed by atoms with Crippen molar-refractivity contribution in [3.63, 3.8) is 0 Å². The summed E-state index contributed by atoms with van der Waals surface area (Å²) in [5.74, 6) is 2.08. The minimum absolute atomic E-state index is 0.0482. The summed E-state index contributed by atoms with van der Waals surface area (Å²) < 4.78 is 0. The molecule has 0 radical (unpaired) electrons. The highest BCUT2D eigenvalue weighted by Crippen LogP contribution is 2.54. The Balaban J connectivity index is 1.38. The molecule has 22 heavy (non-hydrogen) atoms. The summed E-state index contributed by atoms with van der Waals surface area (Å²) in [6.45, 7) is 7.87. The lowest BCUT2D eigenvalue weighted by atomic mass is 10.1. The number of rotatable bonds is 3. The van der Waals surface area contributed by atoms with Gasteiger partial charge in [0.25, 0.3) is 5.91 Å². The summed E-state index contributed by atoms with van der Waals surface area (Å²) >= 11 is 0. The first-order chi connectivity index (χ1) is 10.5. The van der Waals surface area contributed by atoms with Crippen molar-refractivity contribution in [1.29, 1.82) is 0 Å². The average Bonchev–Trinajstić information content (AvgIpc) is 2.97. The molecular formula is C16H22N4O2. The lowest BCUT2D eigenvalue weighted by Crippen LogP contribution is -2.32. The van der Waals surface area contributed by atoms with E-state index in [1.54, 1.807) is 0 Å². The number of amides is 1. The minimum atomic E-state index is 0.0482. The summed E-state index contributed by atoms with van der Waals surface area (Å²) in [7, 11) is 0. The second kappa shape index (κ2) is 4.83. The van der Waals surface area contributed by atoms with Gasteiger partial charge in [-0.1, -0.05) is 19.0 Å². The molecule has 1 aromatic rings. The number of carbonyl (C=O) groups is 1. The predicted octanol–water partition coefficient (Wildman–Crippen LogP) is 2.02. The molecule has 0 bridgehead atoms. The maximum absolute atomic E-state index is 12.5. The van der Waals surface area contributed by atoms with Crippen LogP contribution in [0.25, 0.3) is 0 Å². The number of nitrogens with one attached hydrogen (secondary N) is 1. The van der Waals surface area contributed by atoms with Crippen LogP contribution in [0.2, 0.25) is 0 Å².